The Hall–Kier alpha value is -1.79. The summed E-state index contributed by atoms with van der Waals surface area (Å²) in [5, 5.41) is 2.94. The second-order valence-electron chi connectivity index (χ2n) is 4.61. The van der Waals surface area contributed by atoms with E-state index in [-0.39, 0.29) is 11.1 Å². The molecule has 0 aliphatic carbocycles. The summed E-state index contributed by atoms with van der Waals surface area (Å²) < 4.78 is 0.727. The molecule has 2 rings (SSSR count). The molecule has 0 aliphatic rings. The van der Waals surface area contributed by atoms with Gasteiger partial charge in [0.15, 0.2) is 5.15 Å². The first kappa shape index (κ1) is 15.6. The molecule has 0 saturated carbocycles. The Morgan fingerprint density at radius 2 is 2.10 bits per heavy atom. The predicted octanol–water partition coefficient (Wildman–Crippen LogP) is 3.40. The highest BCUT2D eigenvalue weighted by Gasteiger charge is 2.12. The van der Waals surface area contributed by atoms with E-state index in [4.69, 9.17) is 17.3 Å². The monoisotopic (exact) mass is 368 g/mol. The van der Waals surface area contributed by atoms with Crippen LogP contribution in [0.1, 0.15) is 10.4 Å². The van der Waals surface area contributed by atoms with Crippen molar-refractivity contribution in [3.05, 3.63) is 45.7 Å². The molecule has 0 unspecified atom stereocenters. The molecule has 3 N–H and O–H groups in total. The Kier molecular flexibility index (Phi) is 4.69. The third-order valence-corrected chi connectivity index (χ3v) is 3.56. The highest BCUT2D eigenvalue weighted by Crippen LogP contribution is 2.25. The molecular formula is C14H14BrClN4O. The average Bonchev–Trinajstić information content (AvgIpc) is 2.42. The van der Waals surface area contributed by atoms with Crippen LogP contribution in [0.2, 0.25) is 5.15 Å². The maximum absolute atomic E-state index is 12.2. The van der Waals surface area contributed by atoms with E-state index < -0.39 is 0 Å². The van der Waals surface area contributed by atoms with Gasteiger partial charge in [0, 0.05) is 30.3 Å². The van der Waals surface area contributed by atoms with Gasteiger partial charge >= 0.3 is 0 Å². The van der Waals surface area contributed by atoms with Crippen LogP contribution in [0.25, 0.3) is 0 Å². The number of nitrogen functional groups attached to an aromatic ring is 1. The van der Waals surface area contributed by atoms with Crippen molar-refractivity contribution in [1.82, 2.24) is 4.98 Å². The van der Waals surface area contributed by atoms with Crippen LogP contribution in [0.15, 0.2) is 34.9 Å². The second kappa shape index (κ2) is 6.32. The Morgan fingerprint density at radius 1 is 1.38 bits per heavy atom. The summed E-state index contributed by atoms with van der Waals surface area (Å²) in [5.41, 5.74) is 8.22. The molecule has 0 atom stereocenters. The Morgan fingerprint density at radius 3 is 2.71 bits per heavy atom. The molecule has 0 aliphatic heterocycles. The van der Waals surface area contributed by atoms with Crippen molar-refractivity contribution in [2.75, 3.05) is 30.0 Å². The van der Waals surface area contributed by atoms with E-state index in [9.17, 15) is 4.79 Å². The number of aromatic nitrogens is 1. The predicted molar refractivity (Wildman–Crippen MR) is 90.1 cm³/mol. The van der Waals surface area contributed by atoms with E-state index >= 15 is 0 Å². The molecule has 5 nitrogen and oxygen atoms in total. The van der Waals surface area contributed by atoms with Crippen LogP contribution in [0.4, 0.5) is 17.1 Å². The van der Waals surface area contributed by atoms with Crippen LogP contribution in [-0.2, 0) is 0 Å². The normalized spacial score (nSPS) is 10.3. The number of hydrogen-bond acceptors (Lipinski definition) is 4. The molecule has 0 radical (unpaired) electrons. The van der Waals surface area contributed by atoms with Crippen LogP contribution in [-0.4, -0.2) is 25.0 Å². The van der Waals surface area contributed by atoms with Gasteiger partial charge in [0.2, 0.25) is 0 Å². The van der Waals surface area contributed by atoms with Crippen molar-refractivity contribution < 1.29 is 4.79 Å². The first-order valence-electron chi connectivity index (χ1n) is 6.07. The second-order valence-corrected chi connectivity index (χ2v) is 5.89. The molecule has 110 valence electrons. The van der Waals surface area contributed by atoms with E-state index in [1.165, 1.54) is 0 Å². The lowest BCUT2D eigenvalue weighted by molar-refractivity contribution is 0.102. The van der Waals surface area contributed by atoms with Gasteiger partial charge in [-0.05, 0) is 40.2 Å². The molecule has 0 spiro atoms. The van der Waals surface area contributed by atoms with Crippen LogP contribution in [0.3, 0.4) is 0 Å². The highest BCUT2D eigenvalue weighted by molar-refractivity contribution is 9.10. The third kappa shape index (κ3) is 3.65. The van der Waals surface area contributed by atoms with Crippen LogP contribution < -0.4 is 16.0 Å². The fourth-order valence-corrected chi connectivity index (χ4v) is 2.29. The molecule has 0 bridgehead atoms. The Labute approximate surface area is 136 Å². The largest absolute Gasteiger partial charge is 0.397 e. The van der Waals surface area contributed by atoms with Gasteiger partial charge in [-0.1, -0.05) is 11.6 Å². The van der Waals surface area contributed by atoms with Gasteiger partial charge < -0.3 is 16.0 Å². The summed E-state index contributed by atoms with van der Waals surface area (Å²) in [7, 11) is 3.77. The Balaban J connectivity index is 2.24. The van der Waals surface area contributed by atoms with E-state index in [0.29, 0.717) is 16.9 Å². The van der Waals surface area contributed by atoms with Gasteiger partial charge in [-0.15, -0.1) is 0 Å². The van der Waals surface area contributed by atoms with E-state index in [2.05, 4.69) is 26.2 Å². The van der Waals surface area contributed by atoms with E-state index in [1.54, 1.807) is 30.5 Å². The maximum atomic E-state index is 12.2. The molecule has 0 fully saturated rings. The number of nitrogens with one attached hydrogen (secondary N) is 1. The van der Waals surface area contributed by atoms with Crippen molar-refractivity contribution in [2.24, 2.45) is 0 Å². The number of rotatable bonds is 3. The van der Waals surface area contributed by atoms with E-state index in [0.717, 1.165) is 10.2 Å². The van der Waals surface area contributed by atoms with Crippen molar-refractivity contribution in [3.63, 3.8) is 0 Å². The minimum Gasteiger partial charge on any atom is -0.397 e. The number of amides is 1. The molecule has 1 aromatic heterocycles. The molecule has 1 aromatic carbocycles. The van der Waals surface area contributed by atoms with Crippen molar-refractivity contribution in [3.8, 4) is 0 Å². The van der Waals surface area contributed by atoms with Crippen LogP contribution >= 0.6 is 27.5 Å². The fourth-order valence-electron chi connectivity index (χ4n) is 1.81. The number of hydrogen-bond donors (Lipinski definition) is 2. The standard InChI is InChI=1S/C14H14BrClN4O/c1-20(2)12-4-3-8(5-10(12)17)14(21)19-11-6-9(15)7-18-13(11)16/h3-7H,17H2,1-2H3,(H,19,21). The summed E-state index contributed by atoms with van der Waals surface area (Å²) >= 11 is 9.23. The highest BCUT2D eigenvalue weighted by atomic mass is 79.9. The van der Waals surface area contributed by atoms with Gasteiger partial charge in [-0.25, -0.2) is 4.98 Å². The summed E-state index contributed by atoms with van der Waals surface area (Å²) in [6.07, 6.45) is 1.56. The number of carbonyl (C=O) groups is 1. The number of benzene rings is 1. The van der Waals surface area contributed by atoms with Crippen LogP contribution in [0, 0.1) is 0 Å². The fraction of sp³-hybridized carbons (Fsp3) is 0.143. The van der Waals surface area contributed by atoms with Gasteiger partial charge in [0.1, 0.15) is 0 Å². The topological polar surface area (TPSA) is 71.2 Å². The smallest absolute Gasteiger partial charge is 0.255 e. The molecule has 7 heteroatoms. The van der Waals surface area contributed by atoms with Gasteiger partial charge in [0.05, 0.1) is 17.1 Å². The lowest BCUT2D eigenvalue weighted by atomic mass is 10.1. The number of nitrogens with two attached hydrogens (primary N) is 1. The first-order chi connectivity index (χ1) is 9.88. The molecular weight excluding hydrogens is 356 g/mol. The summed E-state index contributed by atoms with van der Waals surface area (Å²) in [5.74, 6) is -0.297. The minimum atomic E-state index is -0.297. The number of nitrogens with zero attached hydrogens (tertiary/aromatic N) is 2. The first-order valence-corrected chi connectivity index (χ1v) is 7.25. The lowest BCUT2D eigenvalue weighted by Gasteiger charge is -2.16. The maximum Gasteiger partial charge on any atom is 0.255 e. The SMILES string of the molecule is CN(C)c1ccc(C(=O)Nc2cc(Br)cnc2Cl)cc1N. The molecule has 1 heterocycles. The number of pyridine rings is 1. The quantitative estimate of drug-likeness (QED) is 0.642. The summed E-state index contributed by atoms with van der Waals surface area (Å²) in [6, 6.07) is 6.82. The number of carbonyl (C=O) groups excluding carboxylic acids is 1. The van der Waals surface area contributed by atoms with Gasteiger partial charge in [-0.3, -0.25) is 4.79 Å². The summed E-state index contributed by atoms with van der Waals surface area (Å²) in [4.78, 5) is 18.1. The molecule has 2 aromatic rings. The van der Waals surface area contributed by atoms with Gasteiger partial charge in [-0.2, -0.15) is 0 Å². The molecule has 1 amide bonds. The van der Waals surface area contributed by atoms with Crippen molar-refractivity contribution >= 4 is 50.5 Å². The average molecular weight is 370 g/mol. The van der Waals surface area contributed by atoms with Gasteiger partial charge in [0.25, 0.3) is 5.91 Å². The lowest BCUT2D eigenvalue weighted by Crippen LogP contribution is -2.15. The van der Waals surface area contributed by atoms with E-state index in [1.807, 2.05) is 19.0 Å². The Bertz CT molecular complexity index is 691. The summed E-state index contributed by atoms with van der Waals surface area (Å²) in [6.45, 7) is 0. The van der Waals surface area contributed by atoms with Crippen LogP contribution in [0.5, 0.6) is 0 Å². The third-order valence-electron chi connectivity index (χ3n) is 2.83. The van der Waals surface area contributed by atoms with Crippen molar-refractivity contribution in [2.45, 2.75) is 0 Å². The zero-order valence-electron chi connectivity index (χ0n) is 11.5. The van der Waals surface area contributed by atoms with Crippen molar-refractivity contribution in [1.29, 1.82) is 0 Å². The zero-order valence-corrected chi connectivity index (χ0v) is 13.9. The molecule has 0 saturated heterocycles. The molecule has 21 heavy (non-hydrogen) atoms. The number of anilines is 3. The minimum absolute atomic E-state index is 0.226. The zero-order chi connectivity index (χ0) is 15.6. The number of halogens is 2.